The molecule has 6 nitrogen and oxygen atoms in total. The second-order valence-electron chi connectivity index (χ2n) is 5.66. The average molecular weight is 400 g/mol. The second-order valence-corrected chi connectivity index (χ2v) is 6.10. The molecular weight excluding hydrogens is 385 g/mol. The molecule has 0 bridgehead atoms. The van der Waals surface area contributed by atoms with Crippen molar-refractivity contribution >= 4 is 34.8 Å². The third kappa shape index (κ3) is 4.44. The van der Waals surface area contributed by atoms with Crippen LogP contribution in [-0.4, -0.2) is 23.9 Å². The lowest BCUT2D eigenvalue weighted by Gasteiger charge is -2.13. The van der Waals surface area contributed by atoms with Crippen molar-refractivity contribution in [3.63, 3.8) is 0 Å². The van der Waals surface area contributed by atoms with Crippen LogP contribution in [0.5, 0.6) is 5.75 Å². The van der Waals surface area contributed by atoms with Crippen molar-refractivity contribution in [3.8, 4) is 5.75 Å². The normalized spacial score (nSPS) is 10.2. The molecule has 8 heteroatoms. The third-order valence-electron chi connectivity index (χ3n) is 3.78. The molecule has 0 unspecified atom stereocenters. The number of amides is 2. The lowest BCUT2D eigenvalue weighted by Crippen LogP contribution is -2.16. The Labute approximate surface area is 165 Å². The van der Waals surface area contributed by atoms with E-state index in [4.69, 9.17) is 16.3 Å². The molecule has 2 N–H and O–H groups in total. The van der Waals surface area contributed by atoms with E-state index in [1.807, 2.05) is 0 Å². The number of methoxy groups -OCH3 is 1. The topological polar surface area (TPSA) is 80.3 Å². The van der Waals surface area contributed by atoms with Crippen LogP contribution in [0.1, 0.15) is 20.8 Å². The van der Waals surface area contributed by atoms with Crippen LogP contribution in [0.3, 0.4) is 0 Å². The second kappa shape index (κ2) is 8.49. The van der Waals surface area contributed by atoms with Gasteiger partial charge in [-0.15, -0.1) is 0 Å². The van der Waals surface area contributed by atoms with E-state index in [0.29, 0.717) is 11.4 Å². The molecule has 0 saturated heterocycles. The predicted octanol–water partition coefficient (Wildman–Crippen LogP) is 4.39. The van der Waals surface area contributed by atoms with Crippen LogP contribution < -0.4 is 15.4 Å². The summed E-state index contributed by atoms with van der Waals surface area (Å²) in [6.45, 7) is 0. The molecule has 3 rings (SSSR count). The van der Waals surface area contributed by atoms with Gasteiger partial charge < -0.3 is 15.4 Å². The molecule has 0 atom stereocenters. The Morgan fingerprint density at radius 1 is 1.04 bits per heavy atom. The number of hydrogen-bond acceptors (Lipinski definition) is 4. The van der Waals surface area contributed by atoms with Gasteiger partial charge in [0.25, 0.3) is 11.8 Å². The minimum absolute atomic E-state index is 0.172. The van der Waals surface area contributed by atoms with E-state index in [9.17, 15) is 14.0 Å². The highest BCUT2D eigenvalue weighted by Crippen LogP contribution is 2.29. The molecule has 0 aliphatic rings. The van der Waals surface area contributed by atoms with Gasteiger partial charge in [-0.2, -0.15) is 0 Å². The molecule has 0 spiro atoms. The fourth-order valence-corrected chi connectivity index (χ4v) is 2.60. The summed E-state index contributed by atoms with van der Waals surface area (Å²) in [4.78, 5) is 28.6. The summed E-state index contributed by atoms with van der Waals surface area (Å²) in [5.41, 5.74) is 0.741. The summed E-state index contributed by atoms with van der Waals surface area (Å²) in [6.07, 6.45) is 1.51. The van der Waals surface area contributed by atoms with E-state index in [0.717, 1.165) is 6.07 Å². The standard InChI is InChI=1S/C20H15ClFN3O3/c1-28-18-8-6-13(24-20(27)16-4-2-3-9-23-16)11-17(18)25-19(26)14-7-5-12(21)10-15(14)22/h2-11H,1H3,(H,24,27)(H,25,26). The van der Waals surface area contributed by atoms with E-state index in [1.165, 1.54) is 31.5 Å². The smallest absolute Gasteiger partial charge is 0.274 e. The van der Waals surface area contributed by atoms with Crippen LogP contribution >= 0.6 is 11.6 Å². The summed E-state index contributed by atoms with van der Waals surface area (Å²) >= 11 is 5.71. The lowest BCUT2D eigenvalue weighted by atomic mass is 10.2. The summed E-state index contributed by atoms with van der Waals surface area (Å²) < 4.78 is 19.2. The SMILES string of the molecule is COc1ccc(NC(=O)c2ccccn2)cc1NC(=O)c1ccc(Cl)cc1F. The molecule has 0 fully saturated rings. The molecule has 0 aliphatic heterocycles. The highest BCUT2D eigenvalue weighted by Gasteiger charge is 2.16. The highest BCUT2D eigenvalue weighted by molar-refractivity contribution is 6.30. The minimum Gasteiger partial charge on any atom is -0.495 e. The number of nitrogens with one attached hydrogen (secondary N) is 2. The van der Waals surface area contributed by atoms with E-state index in [-0.39, 0.29) is 22.0 Å². The first kappa shape index (κ1) is 19.3. The maximum atomic E-state index is 14.0. The predicted molar refractivity (Wildman–Crippen MR) is 105 cm³/mol. The number of halogens is 2. The number of nitrogens with zero attached hydrogens (tertiary/aromatic N) is 1. The van der Waals surface area contributed by atoms with Crippen LogP contribution in [0.4, 0.5) is 15.8 Å². The Bertz CT molecular complexity index is 1030. The van der Waals surface area contributed by atoms with Gasteiger partial charge in [-0.3, -0.25) is 14.6 Å². The zero-order valence-electron chi connectivity index (χ0n) is 14.7. The Balaban J connectivity index is 1.83. The Kier molecular flexibility index (Phi) is 5.86. The Morgan fingerprint density at radius 2 is 1.86 bits per heavy atom. The van der Waals surface area contributed by atoms with E-state index >= 15 is 0 Å². The maximum absolute atomic E-state index is 14.0. The van der Waals surface area contributed by atoms with Crippen LogP contribution in [0.2, 0.25) is 5.02 Å². The number of carbonyl (C=O) groups is 2. The zero-order chi connectivity index (χ0) is 20.1. The molecule has 142 valence electrons. The number of carbonyl (C=O) groups excluding carboxylic acids is 2. The summed E-state index contributed by atoms with van der Waals surface area (Å²) in [6, 6.07) is 13.4. The van der Waals surface area contributed by atoms with Crippen molar-refractivity contribution in [2.75, 3.05) is 17.7 Å². The van der Waals surface area contributed by atoms with Gasteiger partial charge in [0, 0.05) is 16.9 Å². The van der Waals surface area contributed by atoms with Crippen LogP contribution in [0.25, 0.3) is 0 Å². The van der Waals surface area contributed by atoms with E-state index < -0.39 is 17.6 Å². The molecule has 2 aromatic carbocycles. The summed E-state index contributed by atoms with van der Waals surface area (Å²) in [5.74, 6) is -1.49. The molecule has 0 aliphatic carbocycles. The van der Waals surface area contributed by atoms with Crippen molar-refractivity contribution in [3.05, 3.63) is 82.9 Å². The quantitative estimate of drug-likeness (QED) is 0.667. The number of benzene rings is 2. The Hall–Kier alpha value is -3.45. The maximum Gasteiger partial charge on any atom is 0.274 e. The van der Waals surface area contributed by atoms with Crippen molar-refractivity contribution in [2.24, 2.45) is 0 Å². The molecular formula is C20H15ClFN3O3. The first-order chi connectivity index (χ1) is 13.5. The number of ether oxygens (including phenoxy) is 1. The van der Waals surface area contributed by atoms with Crippen molar-refractivity contribution in [1.82, 2.24) is 4.98 Å². The van der Waals surface area contributed by atoms with Gasteiger partial charge in [-0.25, -0.2) is 4.39 Å². The van der Waals surface area contributed by atoms with Gasteiger partial charge in [0.15, 0.2) is 0 Å². The zero-order valence-corrected chi connectivity index (χ0v) is 15.5. The van der Waals surface area contributed by atoms with Crippen molar-refractivity contribution in [1.29, 1.82) is 0 Å². The molecule has 28 heavy (non-hydrogen) atoms. The first-order valence-corrected chi connectivity index (χ1v) is 8.52. The number of rotatable bonds is 5. The average Bonchev–Trinajstić information content (AvgIpc) is 2.68. The van der Waals surface area contributed by atoms with Crippen LogP contribution in [0.15, 0.2) is 60.8 Å². The molecule has 0 radical (unpaired) electrons. The minimum atomic E-state index is -0.747. The van der Waals surface area contributed by atoms with E-state index in [2.05, 4.69) is 15.6 Å². The number of anilines is 2. The number of aromatic nitrogens is 1. The fraction of sp³-hybridized carbons (Fsp3) is 0.0500. The van der Waals surface area contributed by atoms with Gasteiger partial charge >= 0.3 is 0 Å². The largest absolute Gasteiger partial charge is 0.495 e. The molecule has 1 heterocycles. The first-order valence-electron chi connectivity index (χ1n) is 8.15. The molecule has 3 aromatic rings. The molecule has 2 amide bonds. The van der Waals surface area contributed by atoms with Gasteiger partial charge in [0.2, 0.25) is 0 Å². The lowest BCUT2D eigenvalue weighted by molar-refractivity contribution is 0.101. The van der Waals surface area contributed by atoms with Gasteiger partial charge in [0.1, 0.15) is 17.3 Å². The summed E-state index contributed by atoms with van der Waals surface area (Å²) in [7, 11) is 1.43. The van der Waals surface area contributed by atoms with Crippen molar-refractivity contribution < 1.29 is 18.7 Å². The third-order valence-corrected chi connectivity index (χ3v) is 4.01. The van der Waals surface area contributed by atoms with Gasteiger partial charge in [0.05, 0.1) is 18.4 Å². The Morgan fingerprint density at radius 3 is 2.54 bits per heavy atom. The monoisotopic (exact) mass is 399 g/mol. The van der Waals surface area contributed by atoms with Crippen LogP contribution in [0, 0.1) is 5.82 Å². The van der Waals surface area contributed by atoms with Gasteiger partial charge in [-0.1, -0.05) is 17.7 Å². The van der Waals surface area contributed by atoms with Gasteiger partial charge in [-0.05, 0) is 48.5 Å². The van der Waals surface area contributed by atoms with Crippen LogP contribution in [-0.2, 0) is 0 Å². The highest BCUT2D eigenvalue weighted by atomic mass is 35.5. The summed E-state index contributed by atoms with van der Waals surface area (Å²) in [5, 5.41) is 5.45. The number of pyridine rings is 1. The van der Waals surface area contributed by atoms with E-state index in [1.54, 1.807) is 30.3 Å². The molecule has 0 saturated carbocycles. The number of hydrogen-bond donors (Lipinski definition) is 2. The fourth-order valence-electron chi connectivity index (χ4n) is 2.44. The van der Waals surface area contributed by atoms with Crippen molar-refractivity contribution in [2.45, 2.75) is 0 Å². The molecule has 1 aromatic heterocycles.